The predicted octanol–water partition coefficient (Wildman–Crippen LogP) is 3.89. The van der Waals surface area contributed by atoms with Crippen molar-refractivity contribution >= 4 is 28.1 Å². The van der Waals surface area contributed by atoms with Gasteiger partial charge in [0.25, 0.3) is 0 Å². The SMILES string of the molecule is Cc1ccc(Nc2nc(COC(=O)C(C)C)cs2)cc1. The molecule has 1 heterocycles. The molecule has 0 saturated heterocycles. The average molecular weight is 290 g/mol. The first kappa shape index (κ1) is 14.5. The van der Waals surface area contributed by atoms with Crippen LogP contribution in [-0.4, -0.2) is 11.0 Å². The third-order valence-electron chi connectivity index (χ3n) is 2.69. The lowest BCUT2D eigenvalue weighted by Gasteiger charge is -2.05. The van der Waals surface area contributed by atoms with Gasteiger partial charge in [0.2, 0.25) is 0 Å². The molecule has 2 rings (SSSR count). The summed E-state index contributed by atoms with van der Waals surface area (Å²) < 4.78 is 5.15. The van der Waals surface area contributed by atoms with Crippen LogP contribution in [0.5, 0.6) is 0 Å². The molecule has 2 aromatic rings. The van der Waals surface area contributed by atoms with Crippen molar-refractivity contribution < 1.29 is 9.53 Å². The fraction of sp³-hybridized carbons (Fsp3) is 0.333. The molecule has 0 saturated carbocycles. The number of ether oxygens (including phenoxy) is 1. The van der Waals surface area contributed by atoms with Gasteiger partial charge in [-0.3, -0.25) is 4.79 Å². The molecular weight excluding hydrogens is 272 g/mol. The van der Waals surface area contributed by atoms with Crippen LogP contribution in [0.2, 0.25) is 0 Å². The number of thiazole rings is 1. The highest BCUT2D eigenvalue weighted by molar-refractivity contribution is 7.13. The third kappa shape index (κ3) is 4.06. The summed E-state index contributed by atoms with van der Waals surface area (Å²) in [5.74, 6) is -0.315. The fourth-order valence-corrected chi connectivity index (χ4v) is 2.22. The van der Waals surface area contributed by atoms with Gasteiger partial charge in [0.15, 0.2) is 5.13 Å². The monoisotopic (exact) mass is 290 g/mol. The summed E-state index contributed by atoms with van der Waals surface area (Å²) in [6, 6.07) is 8.10. The second-order valence-electron chi connectivity index (χ2n) is 4.90. The average Bonchev–Trinajstić information content (AvgIpc) is 2.86. The Morgan fingerprint density at radius 1 is 1.35 bits per heavy atom. The van der Waals surface area contributed by atoms with Gasteiger partial charge in [-0.25, -0.2) is 4.98 Å². The van der Waals surface area contributed by atoms with Gasteiger partial charge in [0.1, 0.15) is 6.61 Å². The Morgan fingerprint density at radius 3 is 2.70 bits per heavy atom. The molecule has 0 atom stereocenters. The molecule has 20 heavy (non-hydrogen) atoms. The smallest absolute Gasteiger partial charge is 0.308 e. The number of benzene rings is 1. The van der Waals surface area contributed by atoms with Gasteiger partial charge in [-0.05, 0) is 19.1 Å². The number of nitrogens with one attached hydrogen (secondary N) is 1. The van der Waals surface area contributed by atoms with Gasteiger partial charge in [-0.2, -0.15) is 0 Å². The van der Waals surface area contributed by atoms with Crippen LogP contribution in [0, 0.1) is 12.8 Å². The fourth-order valence-electron chi connectivity index (χ4n) is 1.50. The molecule has 0 radical (unpaired) electrons. The first-order valence-corrected chi connectivity index (χ1v) is 7.37. The van der Waals surface area contributed by atoms with Crippen molar-refractivity contribution in [2.24, 2.45) is 5.92 Å². The molecule has 0 aliphatic rings. The van der Waals surface area contributed by atoms with E-state index in [1.165, 1.54) is 16.9 Å². The summed E-state index contributed by atoms with van der Waals surface area (Å²) in [7, 11) is 0. The number of aromatic nitrogens is 1. The van der Waals surface area contributed by atoms with Crippen LogP contribution in [0.25, 0.3) is 0 Å². The maximum absolute atomic E-state index is 11.4. The molecule has 5 heteroatoms. The maximum Gasteiger partial charge on any atom is 0.308 e. The molecule has 0 aliphatic carbocycles. The molecule has 0 unspecified atom stereocenters. The summed E-state index contributed by atoms with van der Waals surface area (Å²) in [5.41, 5.74) is 2.98. The highest BCUT2D eigenvalue weighted by Crippen LogP contribution is 2.21. The Balaban J connectivity index is 1.92. The van der Waals surface area contributed by atoms with Crippen molar-refractivity contribution in [3.63, 3.8) is 0 Å². The maximum atomic E-state index is 11.4. The van der Waals surface area contributed by atoms with E-state index in [0.29, 0.717) is 0 Å². The molecular formula is C15H18N2O2S. The zero-order valence-electron chi connectivity index (χ0n) is 11.8. The number of carbonyl (C=O) groups excluding carboxylic acids is 1. The topological polar surface area (TPSA) is 51.2 Å². The zero-order valence-corrected chi connectivity index (χ0v) is 12.7. The number of anilines is 2. The molecule has 0 bridgehead atoms. The lowest BCUT2D eigenvalue weighted by molar-refractivity contribution is -0.148. The second kappa shape index (κ2) is 6.52. The van der Waals surface area contributed by atoms with Crippen molar-refractivity contribution in [2.75, 3.05) is 5.32 Å². The number of hydrogen-bond acceptors (Lipinski definition) is 5. The van der Waals surface area contributed by atoms with Gasteiger partial charge < -0.3 is 10.1 Å². The number of nitrogens with zero attached hydrogens (tertiary/aromatic N) is 1. The molecule has 106 valence electrons. The minimum Gasteiger partial charge on any atom is -0.459 e. The minimum absolute atomic E-state index is 0.112. The molecule has 0 spiro atoms. The highest BCUT2D eigenvalue weighted by atomic mass is 32.1. The van der Waals surface area contributed by atoms with Crippen molar-refractivity contribution in [1.82, 2.24) is 4.98 Å². The van der Waals surface area contributed by atoms with E-state index in [9.17, 15) is 4.79 Å². The number of rotatable bonds is 5. The molecule has 0 fully saturated rings. The minimum atomic E-state index is -0.203. The lowest BCUT2D eigenvalue weighted by atomic mass is 10.2. The van der Waals surface area contributed by atoms with Gasteiger partial charge in [-0.15, -0.1) is 11.3 Å². The largest absolute Gasteiger partial charge is 0.459 e. The highest BCUT2D eigenvalue weighted by Gasteiger charge is 2.10. The normalized spacial score (nSPS) is 10.6. The molecule has 1 aromatic carbocycles. The number of aryl methyl sites for hydroxylation is 1. The standard InChI is InChI=1S/C15H18N2O2S/c1-10(2)14(18)19-8-13-9-20-15(17-13)16-12-6-4-11(3)5-7-12/h4-7,9-10H,8H2,1-3H3,(H,16,17). The Bertz CT molecular complexity index is 576. The van der Waals surface area contributed by atoms with E-state index in [4.69, 9.17) is 4.74 Å². The van der Waals surface area contributed by atoms with Crippen molar-refractivity contribution in [3.05, 3.63) is 40.9 Å². The Labute approximate surface area is 122 Å². The van der Waals surface area contributed by atoms with E-state index >= 15 is 0 Å². The third-order valence-corrected chi connectivity index (χ3v) is 3.49. The molecule has 4 nitrogen and oxygen atoms in total. The number of hydrogen-bond donors (Lipinski definition) is 1. The Kier molecular flexibility index (Phi) is 4.74. The van der Waals surface area contributed by atoms with E-state index < -0.39 is 0 Å². The quantitative estimate of drug-likeness (QED) is 0.849. The zero-order chi connectivity index (χ0) is 14.5. The number of esters is 1. The van der Waals surface area contributed by atoms with Crippen LogP contribution in [0.3, 0.4) is 0 Å². The summed E-state index contributed by atoms with van der Waals surface area (Å²) in [6.07, 6.45) is 0. The lowest BCUT2D eigenvalue weighted by Crippen LogP contribution is -2.11. The molecule has 0 amide bonds. The van der Waals surface area contributed by atoms with E-state index in [-0.39, 0.29) is 18.5 Å². The summed E-state index contributed by atoms with van der Waals surface area (Å²) in [6.45, 7) is 5.90. The van der Waals surface area contributed by atoms with Crippen LogP contribution in [-0.2, 0) is 16.1 Å². The Hall–Kier alpha value is -1.88. The summed E-state index contributed by atoms with van der Waals surface area (Å²) in [5, 5.41) is 5.92. The predicted molar refractivity (Wildman–Crippen MR) is 81.2 cm³/mol. The van der Waals surface area contributed by atoms with E-state index in [2.05, 4.69) is 10.3 Å². The van der Waals surface area contributed by atoms with Gasteiger partial charge in [-0.1, -0.05) is 31.5 Å². The van der Waals surface area contributed by atoms with Crippen LogP contribution in [0.1, 0.15) is 25.1 Å². The van der Waals surface area contributed by atoms with Crippen LogP contribution >= 0.6 is 11.3 Å². The molecule has 1 N–H and O–H groups in total. The summed E-state index contributed by atoms with van der Waals surface area (Å²) in [4.78, 5) is 15.8. The van der Waals surface area contributed by atoms with Crippen molar-refractivity contribution in [1.29, 1.82) is 0 Å². The number of carbonyl (C=O) groups is 1. The van der Waals surface area contributed by atoms with Gasteiger partial charge in [0, 0.05) is 11.1 Å². The van der Waals surface area contributed by atoms with Crippen LogP contribution in [0.4, 0.5) is 10.8 Å². The van der Waals surface area contributed by atoms with Crippen molar-refractivity contribution in [3.8, 4) is 0 Å². The van der Waals surface area contributed by atoms with E-state index in [1.807, 2.05) is 50.4 Å². The van der Waals surface area contributed by atoms with Gasteiger partial charge >= 0.3 is 5.97 Å². The summed E-state index contributed by atoms with van der Waals surface area (Å²) >= 11 is 1.50. The molecule has 1 aromatic heterocycles. The van der Waals surface area contributed by atoms with E-state index in [0.717, 1.165) is 16.5 Å². The van der Waals surface area contributed by atoms with E-state index in [1.54, 1.807) is 0 Å². The first-order valence-electron chi connectivity index (χ1n) is 6.49. The van der Waals surface area contributed by atoms with Crippen LogP contribution in [0.15, 0.2) is 29.6 Å². The van der Waals surface area contributed by atoms with Crippen molar-refractivity contribution in [2.45, 2.75) is 27.4 Å². The Morgan fingerprint density at radius 2 is 2.05 bits per heavy atom. The molecule has 0 aliphatic heterocycles. The first-order chi connectivity index (χ1) is 9.54. The van der Waals surface area contributed by atoms with Crippen LogP contribution < -0.4 is 5.32 Å². The second-order valence-corrected chi connectivity index (χ2v) is 5.76. The van der Waals surface area contributed by atoms with Gasteiger partial charge in [0.05, 0.1) is 11.6 Å².